The van der Waals surface area contributed by atoms with Crippen LogP contribution >= 0.6 is 0 Å². The second kappa shape index (κ2) is 9.42. The molecule has 4 heterocycles. The number of piperidine rings is 1. The minimum absolute atomic E-state index is 0.0478. The van der Waals surface area contributed by atoms with Crippen molar-refractivity contribution in [3.8, 4) is 0 Å². The van der Waals surface area contributed by atoms with Crippen LogP contribution in [0.4, 0.5) is 17.3 Å². The molecule has 0 aliphatic carbocycles. The van der Waals surface area contributed by atoms with Gasteiger partial charge in [-0.25, -0.2) is 9.97 Å². The molecular formula is C24H33N7O. The van der Waals surface area contributed by atoms with Crippen LogP contribution in [0.15, 0.2) is 30.6 Å². The smallest absolute Gasteiger partial charge is 0.243 e. The molecule has 1 aromatic carbocycles. The molecule has 1 amide bonds. The molecule has 170 valence electrons. The number of piperazine rings is 1. The zero-order chi connectivity index (χ0) is 21.9. The number of nitrogens with one attached hydrogen (secondary N) is 2. The van der Waals surface area contributed by atoms with E-state index < -0.39 is 0 Å². The summed E-state index contributed by atoms with van der Waals surface area (Å²) in [5.74, 6) is 1.48. The van der Waals surface area contributed by atoms with E-state index in [0.717, 1.165) is 38.5 Å². The first-order valence-electron chi connectivity index (χ1n) is 11.8. The first-order chi connectivity index (χ1) is 15.7. The molecule has 2 N–H and O–H groups in total. The molecule has 5 rings (SSSR count). The Labute approximate surface area is 190 Å². The van der Waals surface area contributed by atoms with E-state index in [0.29, 0.717) is 17.5 Å². The molecule has 0 radical (unpaired) electrons. The number of rotatable bonds is 5. The monoisotopic (exact) mass is 435 g/mol. The predicted molar refractivity (Wildman–Crippen MR) is 127 cm³/mol. The van der Waals surface area contributed by atoms with Crippen molar-refractivity contribution >= 4 is 23.2 Å². The summed E-state index contributed by atoms with van der Waals surface area (Å²) in [7, 11) is 0. The summed E-state index contributed by atoms with van der Waals surface area (Å²) in [5, 5.41) is 6.05. The zero-order valence-corrected chi connectivity index (χ0v) is 18.9. The maximum absolute atomic E-state index is 11.9. The summed E-state index contributed by atoms with van der Waals surface area (Å²) < 4.78 is 0. The maximum Gasteiger partial charge on any atom is 0.243 e. The number of nitrogens with zero attached hydrogens (tertiary/aromatic N) is 5. The summed E-state index contributed by atoms with van der Waals surface area (Å²) in [6.45, 7) is 9.69. The van der Waals surface area contributed by atoms with Gasteiger partial charge in [0.1, 0.15) is 12.0 Å². The third-order valence-electron chi connectivity index (χ3n) is 6.99. The van der Waals surface area contributed by atoms with Crippen molar-refractivity contribution in [1.82, 2.24) is 19.8 Å². The number of hydrogen-bond donors (Lipinski definition) is 2. The van der Waals surface area contributed by atoms with Crippen molar-refractivity contribution in [1.29, 1.82) is 0 Å². The molecule has 32 heavy (non-hydrogen) atoms. The van der Waals surface area contributed by atoms with E-state index in [9.17, 15) is 4.79 Å². The van der Waals surface area contributed by atoms with Crippen LogP contribution < -0.4 is 15.5 Å². The molecule has 1 aromatic heterocycles. The molecule has 1 atom stereocenters. The van der Waals surface area contributed by atoms with Gasteiger partial charge in [-0.05, 0) is 44.0 Å². The van der Waals surface area contributed by atoms with Crippen molar-refractivity contribution in [2.24, 2.45) is 0 Å². The topological polar surface area (TPSA) is 76.6 Å². The highest BCUT2D eigenvalue weighted by molar-refractivity contribution is 6.02. The Morgan fingerprint density at radius 2 is 1.78 bits per heavy atom. The number of fused-ring (bicyclic) bond motifs is 1. The molecule has 3 aliphatic rings. The number of aromatic nitrogens is 2. The zero-order valence-electron chi connectivity index (χ0n) is 18.9. The minimum Gasteiger partial charge on any atom is -0.359 e. The van der Waals surface area contributed by atoms with Crippen LogP contribution in [0, 0.1) is 6.92 Å². The molecule has 2 saturated heterocycles. The van der Waals surface area contributed by atoms with E-state index in [1.807, 2.05) is 0 Å². The van der Waals surface area contributed by atoms with Gasteiger partial charge in [-0.3, -0.25) is 9.69 Å². The number of amides is 1. The van der Waals surface area contributed by atoms with E-state index in [-0.39, 0.29) is 12.5 Å². The molecule has 0 bridgehead atoms. The van der Waals surface area contributed by atoms with Gasteiger partial charge in [-0.2, -0.15) is 0 Å². The van der Waals surface area contributed by atoms with Gasteiger partial charge in [0, 0.05) is 38.8 Å². The highest BCUT2D eigenvalue weighted by Gasteiger charge is 2.30. The molecule has 1 unspecified atom stereocenters. The van der Waals surface area contributed by atoms with Crippen molar-refractivity contribution in [3.63, 3.8) is 0 Å². The molecule has 3 aliphatic heterocycles. The molecule has 8 nitrogen and oxygen atoms in total. The fraction of sp³-hybridized carbons (Fsp3) is 0.542. The number of aryl methyl sites for hydroxylation is 1. The second-order valence-corrected chi connectivity index (χ2v) is 9.08. The first kappa shape index (κ1) is 21.2. The van der Waals surface area contributed by atoms with E-state index in [1.165, 1.54) is 43.5 Å². The fourth-order valence-electron chi connectivity index (χ4n) is 5.22. The molecule has 2 fully saturated rings. The summed E-state index contributed by atoms with van der Waals surface area (Å²) in [6, 6.07) is 9.24. The van der Waals surface area contributed by atoms with Gasteiger partial charge < -0.3 is 20.4 Å². The summed E-state index contributed by atoms with van der Waals surface area (Å²) in [4.78, 5) is 28.3. The lowest BCUT2D eigenvalue weighted by molar-refractivity contribution is -0.114. The lowest BCUT2D eigenvalue weighted by Gasteiger charge is -2.43. The Bertz CT molecular complexity index is 951. The van der Waals surface area contributed by atoms with Crippen LogP contribution in [0.2, 0.25) is 0 Å². The molecule has 0 saturated carbocycles. The van der Waals surface area contributed by atoms with E-state index in [2.05, 4.69) is 66.5 Å². The van der Waals surface area contributed by atoms with Crippen LogP contribution in [0.5, 0.6) is 0 Å². The van der Waals surface area contributed by atoms with Gasteiger partial charge in [-0.15, -0.1) is 0 Å². The number of benzene rings is 1. The van der Waals surface area contributed by atoms with Gasteiger partial charge in [0.15, 0.2) is 11.6 Å². The lowest BCUT2D eigenvalue weighted by Crippen LogP contribution is -2.51. The minimum atomic E-state index is -0.0478. The van der Waals surface area contributed by atoms with Crippen molar-refractivity contribution in [3.05, 3.63) is 41.7 Å². The van der Waals surface area contributed by atoms with E-state index in [4.69, 9.17) is 0 Å². The number of likely N-dealkylation sites (tertiary alicyclic amines) is 1. The highest BCUT2D eigenvalue weighted by Crippen LogP contribution is 2.33. The summed E-state index contributed by atoms with van der Waals surface area (Å²) in [5.41, 5.74) is 3.53. The van der Waals surface area contributed by atoms with Crippen LogP contribution in [-0.2, 0) is 4.79 Å². The van der Waals surface area contributed by atoms with Gasteiger partial charge >= 0.3 is 0 Å². The predicted octanol–water partition coefficient (Wildman–Crippen LogP) is 2.50. The largest absolute Gasteiger partial charge is 0.359 e. The Hall–Kier alpha value is -2.71. The van der Waals surface area contributed by atoms with Gasteiger partial charge in [0.05, 0.1) is 6.54 Å². The Morgan fingerprint density at radius 3 is 2.56 bits per heavy atom. The average molecular weight is 436 g/mol. The molecule has 0 spiro atoms. The van der Waals surface area contributed by atoms with E-state index >= 15 is 0 Å². The summed E-state index contributed by atoms with van der Waals surface area (Å²) in [6.07, 6.45) is 5.57. The standard InChI is InChI=1S/C24H33N7O/c1-18-7-3-4-8-19(18)20(16-29-9-5-2-6-10-29)30-11-13-31(14-12-30)24-22-23(26-17-27-24)25-15-21(32)28-22/h3-4,7-8,17,20H,2,5-6,9-16H2,1H3,(H,28,32)(H,25,26,27). The lowest BCUT2D eigenvalue weighted by atomic mass is 9.97. The van der Waals surface area contributed by atoms with E-state index in [1.54, 1.807) is 6.33 Å². The summed E-state index contributed by atoms with van der Waals surface area (Å²) >= 11 is 0. The van der Waals surface area contributed by atoms with Crippen LogP contribution in [0.3, 0.4) is 0 Å². The SMILES string of the molecule is Cc1ccccc1C(CN1CCCCC1)N1CCN(c2ncnc3c2NC(=O)CN3)CC1. The van der Waals surface area contributed by atoms with Crippen molar-refractivity contribution in [2.45, 2.75) is 32.2 Å². The third kappa shape index (κ3) is 4.42. The van der Waals surface area contributed by atoms with Gasteiger partial charge in [0.25, 0.3) is 0 Å². The average Bonchev–Trinajstić information content (AvgIpc) is 2.83. The van der Waals surface area contributed by atoms with Crippen molar-refractivity contribution in [2.75, 3.05) is 67.9 Å². The normalized spacial score (nSPS) is 20.9. The Morgan fingerprint density at radius 1 is 1.00 bits per heavy atom. The van der Waals surface area contributed by atoms with Crippen LogP contribution in [-0.4, -0.2) is 78.0 Å². The Balaban J connectivity index is 1.33. The van der Waals surface area contributed by atoms with Crippen LogP contribution in [0.25, 0.3) is 0 Å². The van der Waals surface area contributed by atoms with Gasteiger partial charge in [0.2, 0.25) is 5.91 Å². The maximum atomic E-state index is 11.9. The Kier molecular flexibility index (Phi) is 6.23. The molecule has 8 heteroatoms. The van der Waals surface area contributed by atoms with Crippen molar-refractivity contribution < 1.29 is 4.79 Å². The first-order valence-corrected chi connectivity index (χ1v) is 11.8. The molecular weight excluding hydrogens is 402 g/mol. The quantitative estimate of drug-likeness (QED) is 0.747. The number of carbonyl (C=O) groups is 1. The van der Waals surface area contributed by atoms with Gasteiger partial charge in [-0.1, -0.05) is 30.7 Å². The second-order valence-electron chi connectivity index (χ2n) is 9.08. The third-order valence-corrected chi connectivity index (χ3v) is 6.99. The number of hydrogen-bond acceptors (Lipinski definition) is 7. The highest BCUT2D eigenvalue weighted by atomic mass is 16.2. The molecule has 2 aromatic rings. The number of anilines is 3. The fourth-order valence-corrected chi connectivity index (χ4v) is 5.22. The van der Waals surface area contributed by atoms with Crippen LogP contribution in [0.1, 0.15) is 36.4 Å². The number of carbonyl (C=O) groups excluding carboxylic acids is 1.